The van der Waals surface area contributed by atoms with E-state index < -0.39 is 5.60 Å². The number of hydrogen-bond donors (Lipinski definition) is 0. The molecule has 0 N–H and O–H groups in total. The number of nitrogens with zero attached hydrogens (tertiary/aromatic N) is 4. The van der Waals surface area contributed by atoms with E-state index in [4.69, 9.17) is 9.47 Å². The van der Waals surface area contributed by atoms with Crippen molar-refractivity contribution in [2.75, 3.05) is 50.9 Å². The van der Waals surface area contributed by atoms with E-state index in [1.165, 1.54) is 0 Å². The normalized spacial score (nSPS) is 25.7. The molecule has 1 spiro atoms. The van der Waals surface area contributed by atoms with Crippen LogP contribution in [0.3, 0.4) is 0 Å². The standard InChI is InChI=1S/C16H24N4O3/c1-13(2)14(21)19-7-9-23-16(10-19)11-20(6-8-22-12-16)15-17-4-3-5-18-15/h3-5,13H,6-12H2,1-2H3. The van der Waals surface area contributed by atoms with Crippen molar-refractivity contribution in [2.24, 2.45) is 5.92 Å². The molecule has 0 radical (unpaired) electrons. The van der Waals surface area contributed by atoms with Gasteiger partial charge in [-0.2, -0.15) is 0 Å². The first-order valence-electron chi connectivity index (χ1n) is 8.12. The van der Waals surface area contributed by atoms with Gasteiger partial charge in [0, 0.05) is 31.4 Å². The minimum Gasteiger partial charge on any atom is -0.376 e. The molecule has 3 rings (SSSR count). The van der Waals surface area contributed by atoms with E-state index in [0.29, 0.717) is 51.9 Å². The molecule has 1 aromatic heterocycles. The average molecular weight is 320 g/mol. The highest BCUT2D eigenvalue weighted by atomic mass is 16.5. The van der Waals surface area contributed by atoms with Crippen molar-refractivity contribution < 1.29 is 14.3 Å². The summed E-state index contributed by atoms with van der Waals surface area (Å²) in [6.07, 6.45) is 3.47. The van der Waals surface area contributed by atoms with Gasteiger partial charge in [0.1, 0.15) is 5.60 Å². The molecule has 0 aliphatic carbocycles. The maximum absolute atomic E-state index is 12.4. The van der Waals surface area contributed by atoms with E-state index in [-0.39, 0.29) is 11.8 Å². The van der Waals surface area contributed by atoms with Crippen LogP contribution in [0, 0.1) is 5.92 Å². The minimum absolute atomic E-state index is 0.00888. The molecule has 126 valence electrons. The molecule has 1 aromatic rings. The van der Waals surface area contributed by atoms with Crippen LogP contribution in [0.2, 0.25) is 0 Å². The van der Waals surface area contributed by atoms with Crippen LogP contribution < -0.4 is 4.90 Å². The number of carbonyl (C=O) groups excluding carboxylic acids is 1. The lowest BCUT2D eigenvalue weighted by Crippen LogP contribution is -2.60. The smallest absolute Gasteiger partial charge is 0.225 e. The molecule has 2 aliphatic heterocycles. The van der Waals surface area contributed by atoms with Crippen LogP contribution in [0.4, 0.5) is 5.95 Å². The number of rotatable bonds is 2. The third-order valence-electron chi connectivity index (χ3n) is 4.24. The first kappa shape index (κ1) is 16.1. The minimum atomic E-state index is -0.515. The molecule has 7 nitrogen and oxygen atoms in total. The second-order valence-electron chi connectivity index (χ2n) is 6.47. The van der Waals surface area contributed by atoms with Gasteiger partial charge in [0.25, 0.3) is 0 Å². The summed E-state index contributed by atoms with van der Waals surface area (Å²) in [6.45, 7) is 8.00. The summed E-state index contributed by atoms with van der Waals surface area (Å²) >= 11 is 0. The highest BCUT2D eigenvalue weighted by molar-refractivity contribution is 5.78. The summed E-state index contributed by atoms with van der Waals surface area (Å²) in [5.41, 5.74) is -0.515. The molecule has 7 heteroatoms. The molecule has 3 heterocycles. The largest absolute Gasteiger partial charge is 0.376 e. The molecule has 2 fully saturated rings. The fourth-order valence-corrected chi connectivity index (χ4v) is 3.11. The van der Waals surface area contributed by atoms with Crippen molar-refractivity contribution >= 4 is 11.9 Å². The molecule has 1 amide bonds. The number of carbonyl (C=O) groups is 1. The Labute approximate surface area is 136 Å². The molecule has 0 saturated carbocycles. The van der Waals surface area contributed by atoms with E-state index in [9.17, 15) is 4.79 Å². The van der Waals surface area contributed by atoms with Gasteiger partial charge < -0.3 is 19.3 Å². The van der Waals surface area contributed by atoms with Gasteiger partial charge in [-0.25, -0.2) is 9.97 Å². The topological polar surface area (TPSA) is 67.8 Å². The van der Waals surface area contributed by atoms with Crippen molar-refractivity contribution in [3.05, 3.63) is 18.5 Å². The zero-order valence-corrected chi connectivity index (χ0v) is 13.8. The fraction of sp³-hybridized carbons (Fsp3) is 0.688. The van der Waals surface area contributed by atoms with Crippen LogP contribution in [-0.4, -0.2) is 72.4 Å². The van der Waals surface area contributed by atoms with Crippen molar-refractivity contribution in [1.82, 2.24) is 14.9 Å². The van der Waals surface area contributed by atoms with Crippen LogP contribution in [0.25, 0.3) is 0 Å². The zero-order chi connectivity index (χ0) is 16.3. The van der Waals surface area contributed by atoms with Gasteiger partial charge >= 0.3 is 0 Å². The van der Waals surface area contributed by atoms with Gasteiger partial charge in [-0.15, -0.1) is 0 Å². The molecule has 0 aromatic carbocycles. The van der Waals surface area contributed by atoms with Crippen LogP contribution >= 0.6 is 0 Å². The van der Waals surface area contributed by atoms with E-state index in [1.807, 2.05) is 18.7 Å². The molecule has 0 bridgehead atoms. The van der Waals surface area contributed by atoms with Crippen molar-refractivity contribution in [3.8, 4) is 0 Å². The maximum Gasteiger partial charge on any atom is 0.225 e. The monoisotopic (exact) mass is 320 g/mol. The lowest BCUT2D eigenvalue weighted by atomic mass is 10.0. The zero-order valence-electron chi connectivity index (χ0n) is 13.8. The van der Waals surface area contributed by atoms with Crippen molar-refractivity contribution in [2.45, 2.75) is 19.4 Å². The second-order valence-corrected chi connectivity index (χ2v) is 6.47. The second kappa shape index (κ2) is 6.80. The Hall–Kier alpha value is -1.73. The molecule has 23 heavy (non-hydrogen) atoms. The van der Waals surface area contributed by atoms with Gasteiger partial charge in [0.2, 0.25) is 11.9 Å². The Kier molecular flexibility index (Phi) is 4.77. The van der Waals surface area contributed by atoms with Gasteiger partial charge in [0.15, 0.2) is 0 Å². The number of aromatic nitrogens is 2. The summed E-state index contributed by atoms with van der Waals surface area (Å²) in [5, 5.41) is 0. The number of ether oxygens (including phenoxy) is 2. The van der Waals surface area contributed by atoms with Gasteiger partial charge in [-0.05, 0) is 6.07 Å². The van der Waals surface area contributed by atoms with Gasteiger partial charge in [0.05, 0.1) is 32.9 Å². The average Bonchev–Trinajstić information content (AvgIpc) is 2.77. The molecular weight excluding hydrogens is 296 g/mol. The first-order chi connectivity index (χ1) is 11.1. The lowest BCUT2D eigenvalue weighted by molar-refractivity contribution is -0.160. The highest BCUT2D eigenvalue weighted by Crippen LogP contribution is 2.25. The molecule has 1 atom stereocenters. The third kappa shape index (κ3) is 3.61. The Morgan fingerprint density at radius 1 is 1.22 bits per heavy atom. The Morgan fingerprint density at radius 3 is 2.74 bits per heavy atom. The summed E-state index contributed by atoms with van der Waals surface area (Å²) in [7, 11) is 0. The summed E-state index contributed by atoms with van der Waals surface area (Å²) in [4.78, 5) is 25.0. The number of hydrogen-bond acceptors (Lipinski definition) is 6. The van der Waals surface area contributed by atoms with Crippen molar-refractivity contribution in [1.29, 1.82) is 0 Å². The van der Waals surface area contributed by atoms with Crippen molar-refractivity contribution in [3.63, 3.8) is 0 Å². The number of amides is 1. The molecule has 1 unspecified atom stereocenters. The first-order valence-corrected chi connectivity index (χ1v) is 8.12. The van der Waals surface area contributed by atoms with Gasteiger partial charge in [-0.1, -0.05) is 13.8 Å². The predicted molar refractivity (Wildman–Crippen MR) is 85.2 cm³/mol. The summed E-state index contributed by atoms with van der Waals surface area (Å²) < 4.78 is 11.9. The fourth-order valence-electron chi connectivity index (χ4n) is 3.11. The Balaban J connectivity index is 1.77. The highest BCUT2D eigenvalue weighted by Gasteiger charge is 2.42. The lowest BCUT2D eigenvalue weighted by Gasteiger charge is -2.43. The van der Waals surface area contributed by atoms with Crippen LogP contribution in [0.15, 0.2) is 18.5 Å². The quantitative estimate of drug-likeness (QED) is 0.793. The Bertz CT molecular complexity index is 539. The van der Waals surface area contributed by atoms with Crippen LogP contribution in [0.1, 0.15) is 13.8 Å². The third-order valence-corrected chi connectivity index (χ3v) is 4.24. The number of anilines is 1. The number of morpholine rings is 1. The van der Waals surface area contributed by atoms with E-state index in [2.05, 4.69) is 14.9 Å². The van der Waals surface area contributed by atoms with Crippen LogP contribution in [0.5, 0.6) is 0 Å². The van der Waals surface area contributed by atoms with E-state index in [1.54, 1.807) is 18.5 Å². The van der Waals surface area contributed by atoms with Gasteiger partial charge in [-0.3, -0.25) is 4.79 Å². The molecular formula is C16H24N4O3. The van der Waals surface area contributed by atoms with Crippen LogP contribution in [-0.2, 0) is 14.3 Å². The molecule has 2 aliphatic rings. The molecule has 2 saturated heterocycles. The predicted octanol–water partition coefficient (Wildman–Crippen LogP) is 0.567. The summed E-state index contributed by atoms with van der Waals surface area (Å²) in [6, 6.07) is 1.80. The van der Waals surface area contributed by atoms with E-state index in [0.717, 1.165) is 0 Å². The summed E-state index contributed by atoms with van der Waals surface area (Å²) in [5.74, 6) is 0.832. The Morgan fingerprint density at radius 2 is 2.00 bits per heavy atom. The SMILES string of the molecule is CC(C)C(=O)N1CCOC2(COCCN(c3ncccn3)C2)C1. The van der Waals surface area contributed by atoms with E-state index >= 15 is 0 Å². The maximum atomic E-state index is 12.4.